The Labute approximate surface area is 541 Å². The first kappa shape index (κ1) is 72.0. The summed E-state index contributed by atoms with van der Waals surface area (Å²) in [6.07, 6.45) is 9.73. The number of fused-ring (bicyclic) bond motifs is 3. The van der Waals surface area contributed by atoms with E-state index in [2.05, 4.69) is 42.1 Å². The number of carbonyl (C=O) groups is 9. The van der Waals surface area contributed by atoms with Crippen molar-refractivity contribution in [3.05, 3.63) is 142 Å². The minimum absolute atomic E-state index is 0.0219. The number of carbonyl (C=O) groups excluding carboxylic acids is 8. The molecule has 2 heterocycles. The summed E-state index contributed by atoms with van der Waals surface area (Å²) in [5, 5.41) is 29.7. The van der Waals surface area contributed by atoms with E-state index in [4.69, 9.17) is 10.5 Å². The van der Waals surface area contributed by atoms with Gasteiger partial charge >= 0.3 is 18.1 Å². The Morgan fingerprint density at radius 3 is 2.13 bits per heavy atom. The van der Waals surface area contributed by atoms with Gasteiger partial charge in [0, 0.05) is 62.9 Å². The molecule has 9 amide bonds. The zero-order valence-electron chi connectivity index (χ0n) is 55.7. The lowest BCUT2D eigenvalue weighted by Crippen LogP contribution is -2.61. The molecule has 496 valence electrons. The van der Waals surface area contributed by atoms with Crippen LogP contribution < -0.4 is 47.9 Å². The molecule has 92 heavy (non-hydrogen) atoms. The van der Waals surface area contributed by atoms with Gasteiger partial charge in [-0.05, 0) is 126 Å². The van der Waals surface area contributed by atoms with Crippen LogP contribution in [0, 0.1) is 22.7 Å². The third-order valence-electron chi connectivity index (χ3n) is 17.2. The number of likely N-dealkylation sites (N-methyl/N-ethyl adjacent to an activating group) is 3. The minimum atomic E-state index is -1.11. The molecule has 22 heteroatoms. The highest BCUT2D eigenvalue weighted by atomic mass is 16.5. The van der Waals surface area contributed by atoms with Gasteiger partial charge in [0.15, 0.2) is 0 Å². The second-order valence-electron chi connectivity index (χ2n) is 26.4. The molecule has 0 saturated heterocycles. The Morgan fingerprint density at radius 2 is 1.49 bits per heavy atom. The topological polar surface area (TPSA) is 303 Å². The lowest BCUT2D eigenvalue weighted by molar-refractivity contribution is -0.141. The van der Waals surface area contributed by atoms with Crippen LogP contribution in [-0.4, -0.2) is 139 Å². The molecule has 0 aromatic heterocycles. The molecule has 0 radical (unpaired) electrons. The molecule has 2 aliphatic heterocycles. The second kappa shape index (κ2) is 31.8. The number of hydrogen-bond acceptors (Lipinski definition) is 12. The molecule has 0 fully saturated rings. The van der Waals surface area contributed by atoms with Crippen molar-refractivity contribution in [3.63, 3.8) is 0 Å². The lowest BCUT2D eigenvalue weighted by atomic mass is 9.72. The zero-order chi connectivity index (χ0) is 67.9. The van der Waals surface area contributed by atoms with Crippen molar-refractivity contribution in [2.45, 2.75) is 158 Å². The number of aliphatic carboxylic acids is 1. The number of para-hydroxylation sites is 1. The number of carboxylic acid groups (broad SMARTS) is 1. The van der Waals surface area contributed by atoms with Crippen LogP contribution in [0.5, 0.6) is 0 Å². The fourth-order valence-electron chi connectivity index (χ4n) is 11.9. The summed E-state index contributed by atoms with van der Waals surface area (Å²) < 4.78 is 5.60. The lowest BCUT2D eigenvalue weighted by Gasteiger charge is -2.40. The number of benzene rings is 3. The Kier molecular flexibility index (Phi) is 24.9. The molecule has 6 atom stereocenters. The van der Waals surface area contributed by atoms with E-state index in [1.807, 2.05) is 135 Å². The van der Waals surface area contributed by atoms with E-state index in [9.17, 15) is 48.3 Å². The van der Waals surface area contributed by atoms with Crippen molar-refractivity contribution in [3.8, 4) is 0 Å². The van der Waals surface area contributed by atoms with Crippen molar-refractivity contribution in [1.82, 2.24) is 41.7 Å². The number of anilines is 2. The Morgan fingerprint density at radius 1 is 0.815 bits per heavy atom. The van der Waals surface area contributed by atoms with Crippen LogP contribution in [0.1, 0.15) is 131 Å². The van der Waals surface area contributed by atoms with E-state index in [-0.39, 0.29) is 80.6 Å². The minimum Gasteiger partial charge on any atom is -0.478 e. The van der Waals surface area contributed by atoms with Gasteiger partial charge in [-0.2, -0.15) is 0 Å². The third kappa shape index (κ3) is 18.8. The van der Waals surface area contributed by atoms with Crippen molar-refractivity contribution >= 4 is 76.6 Å². The van der Waals surface area contributed by atoms with Gasteiger partial charge in [0.05, 0.1) is 30.4 Å². The molecule has 10 N–H and O–H groups in total. The van der Waals surface area contributed by atoms with Gasteiger partial charge < -0.3 is 67.5 Å². The quantitative estimate of drug-likeness (QED) is 0.0259. The normalized spacial score (nSPS) is 17.0. The number of amides is 9. The van der Waals surface area contributed by atoms with Crippen LogP contribution in [0.2, 0.25) is 0 Å². The third-order valence-corrected chi connectivity index (χ3v) is 17.2. The number of primary amides is 1. The van der Waals surface area contributed by atoms with Gasteiger partial charge in [-0.3, -0.25) is 28.8 Å². The second-order valence-corrected chi connectivity index (χ2v) is 26.4. The monoisotopic (exact) mass is 1270 g/mol. The fourth-order valence-corrected chi connectivity index (χ4v) is 11.9. The van der Waals surface area contributed by atoms with E-state index >= 15 is 0 Å². The first-order valence-electron chi connectivity index (χ1n) is 31.4. The average Bonchev–Trinajstić information content (AvgIpc) is 1.56. The van der Waals surface area contributed by atoms with E-state index in [0.717, 1.165) is 44.7 Å². The van der Waals surface area contributed by atoms with E-state index in [1.54, 1.807) is 63.2 Å². The molecule has 1 aliphatic carbocycles. The summed E-state index contributed by atoms with van der Waals surface area (Å²) in [6, 6.07) is 16.9. The molecule has 6 rings (SSSR count). The van der Waals surface area contributed by atoms with E-state index in [1.165, 1.54) is 11.8 Å². The Hall–Kier alpha value is -9.05. The summed E-state index contributed by atoms with van der Waals surface area (Å²) in [5.74, 6) is -4.29. The van der Waals surface area contributed by atoms with Gasteiger partial charge in [0.25, 0.3) is 0 Å². The highest BCUT2D eigenvalue weighted by Gasteiger charge is 2.46. The molecule has 3 aromatic rings. The molecule has 0 saturated carbocycles. The molecule has 3 aliphatic rings. The number of alkyl carbamates (subject to hydrolysis) is 1. The summed E-state index contributed by atoms with van der Waals surface area (Å²) in [4.78, 5) is 126. The smallest absolute Gasteiger partial charge is 0.407 e. The first-order chi connectivity index (χ1) is 43.3. The molecular formula is C70H95N11O11. The number of hydrogen-bond donors (Lipinski definition) is 9. The predicted molar refractivity (Wildman–Crippen MR) is 357 cm³/mol. The van der Waals surface area contributed by atoms with Crippen LogP contribution in [0.4, 0.5) is 21.0 Å². The molecule has 2 unspecified atom stereocenters. The van der Waals surface area contributed by atoms with Gasteiger partial charge in [-0.25, -0.2) is 14.4 Å². The molecule has 3 aromatic carbocycles. The molecular weight excluding hydrogens is 1170 g/mol. The highest BCUT2D eigenvalue weighted by molar-refractivity contribution is 6.01. The van der Waals surface area contributed by atoms with Gasteiger partial charge in [-0.15, -0.1) is 0 Å². The van der Waals surface area contributed by atoms with Crippen LogP contribution in [0.3, 0.4) is 0 Å². The summed E-state index contributed by atoms with van der Waals surface area (Å²) >= 11 is 0. The van der Waals surface area contributed by atoms with E-state index < -0.39 is 82.8 Å². The van der Waals surface area contributed by atoms with Crippen molar-refractivity contribution in [1.29, 1.82) is 0 Å². The summed E-state index contributed by atoms with van der Waals surface area (Å²) in [7, 11) is 5.31. The number of urea groups is 1. The van der Waals surface area contributed by atoms with Crippen molar-refractivity contribution in [2.24, 2.45) is 28.4 Å². The fraction of sp³-hybridized carbons (Fsp3) is 0.471. The van der Waals surface area contributed by atoms with Crippen molar-refractivity contribution in [2.75, 3.05) is 44.4 Å². The summed E-state index contributed by atoms with van der Waals surface area (Å²) in [6.45, 7) is 20.9. The van der Waals surface area contributed by atoms with Crippen LogP contribution in [0.15, 0.2) is 120 Å². The van der Waals surface area contributed by atoms with Crippen LogP contribution in [-0.2, 0) is 51.5 Å². The number of carboxylic acids is 1. The maximum absolute atomic E-state index is 14.5. The number of nitrogens with zero attached hydrogens (tertiary/aromatic N) is 3. The SMILES string of the molecule is CNC(C(=O)N[C@H](C(=O)N(C)[C@H](/C=C(\C)C(=O)O)C(C)C)C(C)(C)C)C(C)(C)C1=CN(C)C2CC=C(CNC(=O)OCc3ccc(NC(=O)[C@H](CCCNC(N)=O)NC(=O)[C@@H](NC(=O)CCC(=O)N4Cc5ccccc5/C(C)=C\c5ccccc54)C(C)C)cc3)C=C12. The largest absolute Gasteiger partial charge is 0.478 e. The highest BCUT2D eigenvalue weighted by Crippen LogP contribution is 2.45. The van der Waals surface area contributed by atoms with Gasteiger partial charge in [0.1, 0.15) is 24.7 Å². The van der Waals surface area contributed by atoms with Gasteiger partial charge in [0.2, 0.25) is 35.4 Å². The number of nitrogens with two attached hydrogens (primary N) is 1. The zero-order valence-corrected chi connectivity index (χ0v) is 55.7. The van der Waals surface area contributed by atoms with Crippen molar-refractivity contribution < 1.29 is 53.0 Å². The van der Waals surface area contributed by atoms with Crippen LogP contribution >= 0.6 is 0 Å². The standard InChI is InChI=1S/C70H95N11O11/c1-41(2)56(35-44(6)66(88)89)80(14)65(87)61(69(7,8)9)78-64(86)60(72-12)70(10,11)52-39-79(13)55-30-27-46(36-51(52)55)37-74-68(91)92-40-45-25-28-49(29-26-45)75-62(84)53(23-19-33-73-67(71)90)76-63(85)59(42(3)4)77-57(82)31-32-58(83)81-38-48-21-15-17-22-50(48)43(5)34-47-20-16-18-24-54(47)81/h15-18,20-22,24-29,34-36,39,41-42,53,55-56,59-61,72H,19,23,30-33,37-38,40H2,1-14H3,(H,74,91)(H,75,84)(H,76,85)(H,77,82)(H,78,86)(H,88,89)(H3,71,73,90)/b43-34-,44-35+/t53-,55?,56+,59-,60?,61+/m0/s1. The maximum atomic E-state index is 14.5. The summed E-state index contributed by atoms with van der Waals surface area (Å²) in [5.41, 5.74) is 12.3. The first-order valence-corrected chi connectivity index (χ1v) is 31.4. The molecule has 0 bridgehead atoms. The number of ether oxygens (including phenoxy) is 1. The predicted octanol–water partition coefficient (Wildman–Crippen LogP) is 7.93. The molecule has 22 nitrogen and oxygen atoms in total. The maximum Gasteiger partial charge on any atom is 0.407 e. The van der Waals surface area contributed by atoms with Crippen LogP contribution in [0.25, 0.3) is 11.6 Å². The van der Waals surface area contributed by atoms with Gasteiger partial charge in [-0.1, -0.05) is 135 Å². The number of rotatable bonds is 27. The average molecular weight is 1270 g/mol. The van der Waals surface area contributed by atoms with E-state index in [0.29, 0.717) is 24.2 Å². The Bertz CT molecular complexity index is 3390. The molecule has 0 spiro atoms. The Balaban J connectivity index is 1.03. The number of allylic oxidation sites excluding steroid dienone is 1. The number of nitrogens with one attached hydrogen (secondary N) is 7.